The molecule has 0 unspecified atom stereocenters. The molecule has 3 nitrogen and oxygen atoms in total. The van der Waals surface area contributed by atoms with E-state index in [2.05, 4.69) is 21.6 Å². The summed E-state index contributed by atoms with van der Waals surface area (Å²) in [6, 6.07) is 7.93. The van der Waals surface area contributed by atoms with E-state index in [1.807, 2.05) is 24.3 Å². The van der Waals surface area contributed by atoms with Gasteiger partial charge in [-0.1, -0.05) is 30.7 Å². The van der Waals surface area contributed by atoms with E-state index in [-0.39, 0.29) is 0 Å². The van der Waals surface area contributed by atoms with Gasteiger partial charge in [0.1, 0.15) is 5.82 Å². The molecule has 18 heavy (non-hydrogen) atoms. The molecule has 96 valence electrons. The van der Waals surface area contributed by atoms with Crippen LogP contribution in [-0.2, 0) is 12.8 Å². The summed E-state index contributed by atoms with van der Waals surface area (Å²) in [7, 11) is 0. The first-order chi connectivity index (χ1) is 8.78. The molecule has 0 aliphatic heterocycles. The van der Waals surface area contributed by atoms with E-state index in [1.165, 1.54) is 17.1 Å². The maximum absolute atomic E-state index is 5.84. The van der Waals surface area contributed by atoms with Gasteiger partial charge in [-0.25, -0.2) is 4.98 Å². The third-order valence-electron chi connectivity index (χ3n) is 2.54. The van der Waals surface area contributed by atoms with Crippen LogP contribution in [0.2, 0.25) is 5.02 Å². The summed E-state index contributed by atoms with van der Waals surface area (Å²) >= 11 is 7.28. The summed E-state index contributed by atoms with van der Waals surface area (Å²) in [6.45, 7) is 3.00. The predicted molar refractivity (Wildman–Crippen MR) is 77.5 cm³/mol. The van der Waals surface area contributed by atoms with Gasteiger partial charge in [-0.2, -0.15) is 4.37 Å². The van der Waals surface area contributed by atoms with Crippen LogP contribution in [0.4, 0.5) is 5.13 Å². The van der Waals surface area contributed by atoms with E-state index in [4.69, 9.17) is 11.6 Å². The quantitative estimate of drug-likeness (QED) is 0.875. The van der Waals surface area contributed by atoms with Crippen LogP contribution in [0.25, 0.3) is 0 Å². The Labute approximate surface area is 116 Å². The van der Waals surface area contributed by atoms with Crippen molar-refractivity contribution in [3.05, 3.63) is 40.7 Å². The highest BCUT2D eigenvalue weighted by molar-refractivity contribution is 7.09. The number of aromatic nitrogens is 2. The number of benzene rings is 1. The number of rotatable bonds is 6. The zero-order valence-electron chi connectivity index (χ0n) is 10.3. The van der Waals surface area contributed by atoms with Crippen LogP contribution in [0.3, 0.4) is 0 Å². The van der Waals surface area contributed by atoms with Gasteiger partial charge in [-0.3, -0.25) is 0 Å². The summed E-state index contributed by atoms with van der Waals surface area (Å²) < 4.78 is 4.29. The predicted octanol–water partition coefficient (Wildman–Crippen LogP) is 3.80. The third-order valence-corrected chi connectivity index (χ3v) is 3.51. The molecule has 0 spiro atoms. The average Bonchev–Trinajstić information content (AvgIpc) is 2.80. The molecule has 1 aromatic heterocycles. The van der Waals surface area contributed by atoms with Crippen LogP contribution in [0.15, 0.2) is 24.3 Å². The van der Waals surface area contributed by atoms with Gasteiger partial charge in [0.15, 0.2) is 0 Å². The average molecular weight is 282 g/mol. The van der Waals surface area contributed by atoms with E-state index in [0.717, 1.165) is 41.8 Å². The highest BCUT2D eigenvalue weighted by atomic mass is 35.5. The van der Waals surface area contributed by atoms with Gasteiger partial charge in [-0.05, 0) is 30.5 Å². The molecule has 1 N–H and O–H groups in total. The minimum atomic E-state index is 0.778. The summed E-state index contributed by atoms with van der Waals surface area (Å²) in [4.78, 5) is 4.42. The second-order valence-corrected chi connectivity index (χ2v) is 5.26. The van der Waals surface area contributed by atoms with Gasteiger partial charge in [0.05, 0.1) is 0 Å². The molecule has 0 bridgehead atoms. The van der Waals surface area contributed by atoms with Crippen LogP contribution in [0.5, 0.6) is 0 Å². The molecule has 5 heteroatoms. The number of hydrogen-bond acceptors (Lipinski definition) is 4. The Bertz CT molecular complexity index is 481. The van der Waals surface area contributed by atoms with Crippen molar-refractivity contribution in [2.75, 3.05) is 11.9 Å². The molecule has 2 aromatic rings. The Kier molecular flexibility index (Phi) is 4.96. The van der Waals surface area contributed by atoms with E-state index < -0.39 is 0 Å². The number of halogens is 1. The van der Waals surface area contributed by atoms with E-state index in [0.29, 0.717) is 0 Å². The van der Waals surface area contributed by atoms with Crippen LogP contribution in [0, 0.1) is 0 Å². The number of nitrogens with zero attached hydrogens (tertiary/aromatic N) is 2. The normalized spacial score (nSPS) is 10.6. The smallest absolute Gasteiger partial charge is 0.202 e. The molecule has 0 atom stereocenters. The molecule has 0 saturated carbocycles. The first kappa shape index (κ1) is 13.3. The standard InChI is InChI=1S/C13H16ClN3S/c1-2-3-12-16-13(18-17-12)15-9-8-10-4-6-11(14)7-5-10/h4-7H,2-3,8-9H2,1H3,(H,15,16,17). The lowest BCUT2D eigenvalue weighted by Gasteiger charge is -2.02. The zero-order chi connectivity index (χ0) is 12.8. The molecule has 0 radical (unpaired) electrons. The van der Waals surface area contributed by atoms with Crippen LogP contribution in [0.1, 0.15) is 24.7 Å². The first-order valence-corrected chi connectivity index (χ1v) is 7.24. The van der Waals surface area contributed by atoms with Crippen LogP contribution < -0.4 is 5.32 Å². The van der Waals surface area contributed by atoms with Crippen molar-refractivity contribution < 1.29 is 0 Å². The minimum Gasteiger partial charge on any atom is -0.360 e. The lowest BCUT2D eigenvalue weighted by atomic mass is 10.1. The van der Waals surface area contributed by atoms with Gasteiger partial charge in [0.2, 0.25) is 5.13 Å². The second-order valence-electron chi connectivity index (χ2n) is 4.07. The van der Waals surface area contributed by atoms with Crippen molar-refractivity contribution in [1.82, 2.24) is 9.36 Å². The SMILES string of the molecule is CCCc1nsc(NCCc2ccc(Cl)cc2)n1. The van der Waals surface area contributed by atoms with Crippen LogP contribution in [-0.4, -0.2) is 15.9 Å². The van der Waals surface area contributed by atoms with E-state index in [9.17, 15) is 0 Å². The Morgan fingerprint density at radius 3 is 2.72 bits per heavy atom. The van der Waals surface area contributed by atoms with E-state index >= 15 is 0 Å². The minimum absolute atomic E-state index is 0.778. The maximum Gasteiger partial charge on any atom is 0.202 e. The number of nitrogens with one attached hydrogen (secondary N) is 1. The fourth-order valence-corrected chi connectivity index (χ4v) is 2.38. The molecular formula is C13H16ClN3S. The third kappa shape index (κ3) is 3.96. The molecule has 0 aliphatic carbocycles. The Balaban J connectivity index is 1.79. The van der Waals surface area contributed by atoms with Gasteiger partial charge < -0.3 is 5.32 Å². The van der Waals surface area contributed by atoms with Crippen molar-refractivity contribution in [2.45, 2.75) is 26.2 Å². The van der Waals surface area contributed by atoms with Crippen molar-refractivity contribution in [1.29, 1.82) is 0 Å². The lowest BCUT2D eigenvalue weighted by Crippen LogP contribution is -2.04. The Hall–Kier alpha value is -1.13. The molecule has 0 aliphatic rings. The molecule has 2 rings (SSSR count). The van der Waals surface area contributed by atoms with Crippen molar-refractivity contribution in [3.63, 3.8) is 0 Å². The summed E-state index contributed by atoms with van der Waals surface area (Å²) in [5.74, 6) is 0.941. The topological polar surface area (TPSA) is 37.8 Å². The summed E-state index contributed by atoms with van der Waals surface area (Å²) in [5, 5.41) is 4.99. The first-order valence-electron chi connectivity index (χ1n) is 6.09. The van der Waals surface area contributed by atoms with Gasteiger partial charge in [0, 0.05) is 29.5 Å². The monoisotopic (exact) mass is 281 g/mol. The highest BCUT2D eigenvalue weighted by Gasteiger charge is 2.02. The summed E-state index contributed by atoms with van der Waals surface area (Å²) in [5.41, 5.74) is 1.27. The lowest BCUT2D eigenvalue weighted by molar-refractivity contribution is 0.860. The largest absolute Gasteiger partial charge is 0.360 e. The Morgan fingerprint density at radius 2 is 2.00 bits per heavy atom. The molecule has 1 heterocycles. The maximum atomic E-state index is 5.84. The number of anilines is 1. The van der Waals surface area contributed by atoms with E-state index in [1.54, 1.807) is 0 Å². The summed E-state index contributed by atoms with van der Waals surface area (Å²) in [6.07, 6.45) is 3.00. The van der Waals surface area contributed by atoms with Crippen molar-refractivity contribution in [3.8, 4) is 0 Å². The van der Waals surface area contributed by atoms with Gasteiger partial charge in [0.25, 0.3) is 0 Å². The van der Waals surface area contributed by atoms with Crippen LogP contribution >= 0.6 is 23.1 Å². The fourth-order valence-electron chi connectivity index (χ4n) is 1.62. The number of aryl methyl sites for hydroxylation is 1. The second kappa shape index (κ2) is 6.71. The zero-order valence-corrected chi connectivity index (χ0v) is 11.9. The molecular weight excluding hydrogens is 266 g/mol. The molecule has 0 saturated heterocycles. The highest BCUT2D eigenvalue weighted by Crippen LogP contribution is 2.13. The molecule has 0 fully saturated rings. The van der Waals surface area contributed by atoms with Crippen molar-refractivity contribution in [2.24, 2.45) is 0 Å². The number of hydrogen-bond donors (Lipinski definition) is 1. The Morgan fingerprint density at radius 1 is 1.22 bits per heavy atom. The van der Waals surface area contributed by atoms with Gasteiger partial charge >= 0.3 is 0 Å². The fraction of sp³-hybridized carbons (Fsp3) is 0.385. The molecule has 1 aromatic carbocycles. The van der Waals surface area contributed by atoms with Crippen molar-refractivity contribution >= 4 is 28.3 Å². The molecule has 0 amide bonds. The van der Waals surface area contributed by atoms with Gasteiger partial charge in [-0.15, -0.1) is 0 Å².